The van der Waals surface area contributed by atoms with Crippen LogP contribution < -0.4 is 9.47 Å². The number of hydrogen-bond acceptors (Lipinski definition) is 7. The van der Waals surface area contributed by atoms with Gasteiger partial charge in [-0.05, 0) is 12.1 Å². The second-order valence-electron chi connectivity index (χ2n) is 5.60. The average molecular weight is 366 g/mol. The first-order valence-electron chi connectivity index (χ1n) is 8.28. The van der Waals surface area contributed by atoms with Crippen LogP contribution in [0.4, 0.5) is 0 Å². The summed E-state index contributed by atoms with van der Waals surface area (Å²) >= 11 is 0. The highest BCUT2D eigenvalue weighted by Crippen LogP contribution is 2.24. The fourth-order valence-electron chi connectivity index (χ4n) is 2.50. The van der Waals surface area contributed by atoms with Crippen molar-refractivity contribution < 1.29 is 19.1 Å². The minimum atomic E-state index is 0.194. The van der Waals surface area contributed by atoms with E-state index in [1.807, 2.05) is 12.1 Å². The first-order chi connectivity index (χ1) is 13.2. The van der Waals surface area contributed by atoms with E-state index in [0.29, 0.717) is 47.8 Å². The number of aromatic nitrogens is 4. The van der Waals surface area contributed by atoms with E-state index in [-0.39, 0.29) is 6.61 Å². The normalized spacial score (nSPS) is 10.4. The van der Waals surface area contributed by atoms with Crippen LogP contribution in [0.2, 0.25) is 0 Å². The van der Waals surface area contributed by atoms with E-state index in [2.05, 4.69) is 15.1 Å². The van der Waals surface area contributed by atoms with Gasteiger partial charge in [0.15, 0.2) is 6.29 Å². The zero-order valence-corrected chi connectivity index (χ0v) is 14.7. The van der Waals surface area contributed by atoms with Gasteiger partial charge in [-0.2, -0.15) is 5.10 Å². The largest absolute Gasteiger partial charge is 0.486 e. The van der Waals surface area contributed by atoms with Gasteiger partial charge in [0.1, 0.15) is 24.3 Å². The summed E-state index contributed by atoms with van der Waals surface area (Å²) in [4.78, 5) is 30.2. The van der Waals surface area contributed by atoms with Gasteiger partial charge < -0.3 is 14.3 Å². The Morgan fingerprint density at radius 1 is 1.22 bits per heavy atom. The quantitative estimate of drug-likeness (QED) is 0.536. The SMILES string of the molecule is COc1cc(C=O)c(OCc2cccnc2-c2ccn(CCC=O)n2)cn1. The number of methoxy groups -OCH3 is 1. The monoisotopic (exact) mass is 366 g/mol. The van der Waals surface area contributed by atoms with Crippen molar-refractivity contribution in [3.05, 3.63) is 54.0 Å². The first-order valence-corrected chi connectivity index (χ1v) is 8.28. The molecule has 0 N–H and O–H groups in total. The number of ether oxygens (including phenoxy) is 2. The highest BCUT2D eigenvalue weighted by atomic mass is 16.5. The summed E-state index contributed by atoms with van der Waals surface area (Å²) in [5, 5.41) is 4.44. The molecule has 0 aliphatic carbocycles. The zero-order chi connectivity index (χ0) is 19.1. The predicted octanol–water partition coefficient (Wildman–Crippen LogP) is 2.33. The molecule has 0 bridgehead atoms. The lowest BCUT2D eigenvalue weighted by molar-refractivity contribution is -0.108. The molecule has 0 atom stereocenters. The van der Waals surface area contributed by atoms with Gasteiger partial charge in [0.2, 0.25) is 5.88 Å². The van der Waals surface area contributed by atoms with E-state index in [9.17, 15) is 9.59 Å². The third-order valence-electron chi connectivity index (χ3n) is 3.84. The van der Waals surface area contributed by atoms with Crippen LogP contribution in [0.5, 0.6) is 11.6 Å². The number of hydrogen-bond donors (Lipinski definition) is 0. The van der Waals surface area contributed by atoms with Gasteiger partial charge in [0.25, 0.3) is 0 Å². The Balaban J connectivity index is 1.80. The highest BCUT2D eigenvalue weighted by molar-refractivity contribution is 5.79. The highest BCUT2D eigenvalue weighted by Gasteiger charge is 2.12. The summed E-state index contributed by atoms with van der Waals surface area (Å²) in [6.07, 6.45) is 6.88. The van der Waals surface area contributed by atoms with E-state index in [4.69, 9.17) is 9.47 Å². The van der Waals surface area contributed by atoms with Gasteiger partial charge in [0.05, 0.1) is 24.6 Å². The van der Waals surface area contributed by atoms with E-state index < -0.39 is 0 Å². The van der Waals surface area contributed by atoms with Crippen molar-refractivity contribution in [1.82, 2.24) is 19.7 Å². The summed E-state index contributed by atoms with van der Waals surface area (Å²) in [7, 11) is 1.48. The van der Waals surface area contributed by atoms with Crippen LogP contribution in [-0.2, 0) is 17.9 Å². The molecule has 138 valence electrons. The predicted molar refractivity (Wildman–Crippen MR) is 96.6 cm³/mol. The molecule has 0 saturated carbocycles. The minimum Gasteiger partial charge on any atom is -0.486 e. The molecule has 0 radical (unpaired) electrons. The topological polar surface area (TPSA) is 96.2 Å². The van der Waals surface area contributed by atoms with Crippen molar-refractivity contribution in [3.63, 3.8) is 0 Å². The molecule has 3 aromatic rings. The molecule has 0 amide bonds. The lowest BCUT2D eigenvalue weighted by Crippen LogP contribution is -2.03. The van der Waals surface area contributed by atoms with Gasteiger partial charge in [-0.25, -0.2) is 4.98 Å². The van der Waals surface area contributed by atoms with Crippen LogP contribution in [-0.4, -0.2) is 39.4 Å². The van der Waals surface area contributed by atoms with Crippen LogP contribution in [0.25, 0.3) is 11.4 Å². The van der Waals surface area contributed by atoms with Crippen LogP contribution in [0, 0.1) is 0 Å². The molecule has 3 heterocycles. The van der Waals surface area contributed by atoms with E-state index in [1.54, 1.807) is 23.1 Å². The molecular formula is C19H18N4O4. The Bertz CT molecular complexity index is 939. The fourth-order valence-corrected chi connectivity index (χ4v) is 2.50. The smallest absolute Gasteiger partial charge is 0.213 e. The lowest BCUT2D eigenvalue weighted by Gasteiger charge is -2.11. The van der Waals surface area contributed by atoms with Gasteiger partial charge >= 0.3 is 0 Å². The molecule has 27 heavy (non-hydrogen) atoms. The Labute approximate surface area is 155 Å². The van der Waals surface area contributed by atoms with Crippen LogP contribution in [0.3, 0.4) is 0 Å². The first kappa shape index (κ1) is 18.2. The van der Waals surface area contributed by atoms with Crippen LogP contribution in [0.1, 0.15) is 22.3 Å². The number of pyridine rings is 2. The molecule has 8 nitrogen and oxygen atoms in total. The molecule has 0 saturated heterocycles. The summed E-state index contributed by atoms with van der Waals surface area (Å²) in [5.41, 5.74) is 2.52. The molecule has 8 heteroatoms. The van der Waals surface area contributed by atoms with E-state index >= 15 is 0 Å². The maximum absolute atomic E-state index is 11.3. The van der Waals surface area contributed by atoms with Gasteiger partial charge in [0, 0.05) is 37.0 Å². The minimum absolute atomic E-state index is 0.194. The number of aryl methyl sites for hydroxylation is 1. The molecule has 0 aliphatic heterocycles. The Morgan fingerprint density at radius 2 is 2.11 bits per heavy atom. The van der Waals surface area contributed by atoms with E-state index in [0.717, 1.165) is 11.8 Å². The number of aldehydes is 2. The molecule has 3 aromatic heterocycles. The lowest BCUT2D eigenvalue weighted by atomic mass is 10.1. The van der Waals surface area contributed by atoms with Crippen molar-refractivity contribution in [2.45, 2.75) is 19.6 Å². The van der Waals surface area contributed by atoms with Gasteiger partial charge in [-0.15, -0.1) is 0 Å². The molecular weight excluding hydrogens is 348 g/mol. The van der Waals surface area contributed by atoms with Crippen molar-refractivity contribution >= 4 is 12.6 Å². The van der Waals surface area contributed by atoms with Gasteiger partial charge in [-0.1, -0.05) is 6.07 Å². The Kier molecular flexibility index (Phi) is 5.88. The summed E-state index contributed by atoms with van der Waals surface area (Å²) in [6.45, 7) is 0.710. The van der Waals surface area contributed by atoms with Gasteiger partial charge in [-0.3, -0.25) is 14.5 Å². The third-order valence-corrected chi connectivity index (χ3v) is 3.84. The summed E-state index contributed by atoms with van der Waals surface area (Å²) < 4.78 is 12.5. The van der Waals surface area contributed by atoms with Crippen molar-refractivity contribution in [2.24, 2.45) is 0 Å². The molecule has 3 rings (SSSR count). The van der Waals surface area contributed by atoms with Crippen molar-refractivity contribution in [3.8, 4) is 23.0 Å². The number of carbonyl (C=O) groups excluding carboxylic acids is 2. The molecule has 0 fully saturated rings. The summed E-state index contributed by atoms with van der Waals surface area (Å²) in [6, 6.07) is 7.03. The Hall–Kier alpha value is -3.55. The second kappa shape index (κ2) is 8.70. The maximum Gasteiger partial charge on any atom is 0.213 e. The maximum atomic E-state index is 11.3. The third kappa shape index (κ3) is 4.35. The van der Waals surface area contributed by atoms with Crippen molar-refractivity contribution in [2.75, 3.05) is 7.11 Å². The van der Waals surface area contributed by atoms with E-state index in [1.165, 1.54) is 19.4 Å². The van der Waals surface area contributed by atoms with Crippen LogP contribution in [0.15, 0.2) is 42.9 Å². The molecule has 0 unspecified atom stereocenters. The standard InChI is InChI=1S/C19H18N4O4/c1-26-18-10-15(12-25)17(11-21-18)27-13-14-4-2-6-20-19(14)16-5-8-23(22-16)7-3-9-24/h2,4-6,8-12H,3,7,13H2,1H3. The molecule has 0 aliphatic rings. The number of nitrogens with zero attached hydrogens (tertiary/aromatic N) is 4. The van der Waals surface area contributed by atoms with Crippen molar-refractivity contribution in [1.29, 1.82) is 0 Å². The Morgan fingerprint density at radius 3 is 2.89 bits per heavy atom. The fraction of sp³-hybridized carbons (Fsp3) is 0.211. The molecule has 0 spiro atoms. The second-order valence-corrected chi connectivity index (χ2v) is 5.60. The average Bonchev–Trinajstić information content (AvgIpc) is 3.19. The van der Waals surface area contributed by atoms with Crippen LogP contribution >= 0.6 is 0 Å². The zero-order valence-electron chi connectivity index (χ0n) is 14.7. The number of rotatable bonds is 9. The summed E-state index contributed by atoms with van der Waals surface area (Å²) in [5.74, 6) is 0.699. The molecule has 0 aromatic carbocycles. The number of carbonyl (C=O) groups is 2.